The first-order valence-electron chi connectivity index (χ1n) is 6.60. The van der Waals surface area contributed by atoms with E-state index in [0.717, 1.165) is 29.9 Å². The predicted octanol–water partition coefficient (Wildman–Crippen LogP) is 2.94. The Bertz CT molecular complexity index is 503. The average Bonchev–Trinajstić information content (AvgIpc) is 2.71. The minimum absolute atomic E-state index is 0.389. The number of fused-ring (bicyclic) bond motifs is 1. The smallest absolute Gasteiger partial charge is 0.153 e. The van der Waals surface area contributed by atoms with Crippen molar-refractivity contribution >= 4 is 11.3 Å². The molecule has 2 aromatic heterocycles. The van der Waals surface area contributed by atoms with Crippen molar-refractivity contribution in [2.45, 2.75) is 53.4 Å². The molecule has 1 atom stereocenters. The summed E-state index contributed by atoms with van der Waals surface area (Å²) in [7, 11) is 0. The summed E-state index contributed by atoms with van der Waals surface area (Å²) in [5.74, 6) is 1.86. The Balaban J connectivity index is 0.000000771. The molecule has 0 saturated heterocycles. The van der Waals surface area contributed by atoms with E-state index >= 15 is 0 Å². The van der Waals surface area contributed by atoms with Gasteiger partial charge in [-0.15, -0.1) is 0 Å². The van der Waals surface area contributed by atoms with Gasteiger partial charge in [-0.2, -0.15) is 5.10 Å². The fourth-order valence-corrected chi connectivity index (χ4v) is 2.03. The molecular weight excluding hydrogens is 226 g/mol. The molecular formula is C13H23N5. The molecule has 0 fully saturated rings. The van der Waals surface area contributed by atoms with Gasteiger partial charge < -0.3 is 5.73 Å². The van der Waals surface area contributed by atoms with Gasteiger partial charge in [0.2, 0.25) is 0 Å². The molecule has 0 aliphatic rings. The maximum Gasteiger partial charge on any atom is 0.153 e. The van der Waals surface area contributed by atoms with Crippen molar-refractivity contribution in [1.82, 2.24) is 19.6 Å². The number of hydrogen-bond donors (Lipinski definition) is 1. The zero-order valence-corrected chi connectivity index (χ0v) is 11.9. The van der Waals surface area contributed by atoms with Crippen molar-refractivity contribution in [1.29, 1.82) is 0 Å². The molecule has 0 aromatic carbocycles. The van der Waals surface area contributed by atoms with Crippen LogP contribution in [0, 0.1) is 6.92 Å². The number of imidazole rings is 1. The van der Waals surface area contributed by atoms with Crippen LogP contribution in [0.1, 0.15) is 58.0 Å². The van der Waals surface area contributed by atoms with Crippen LogP contribution in [0.4, 0.5) is 5.82 Å². The molecule has 0 amide bonds. The van der Waals surface area contributed by atoms with Crippen LogP contribution in [-0.2, 0) is 0 Å². The van der Waals surface area contributed by atoms with Gasteiger partial charge in [0.25, 0.3) is 0 Å². The number of nitrogens with zero attached hydrogens (tertiary/aromatic N) is 4. The minimum Gasteiger partial charge on any atom is -0.382 e. The number of aryl methyl sites for hydroxylation is 1. The standard InChI is InChI=1S/C11H17N5.C2H6/c1-4-5-7(2)11-15-8(3)9-10(12)13-6-14-16(9)11;1-2/h6-7H,4-5H2,1-3H3,(H2,12,13,14);1-2H3. The van der Waals surface area contributed by atoms with Crippen LogP contribution >= 0.6 is 0 Å². The number of nitrogen functional groups attached to an aromatic ring is 1. The van der Waals surface area contributed by atoms with E-state index in [-0.39, 0.29) is 0 Å². The predicted molar refractivity (Wildman–Crippen MR) is 74.6 cm³/mol. The highest BCUT2D eigenvalue weighted by molar-refractivity contribution is 5.67. The average molecular weight is 249 g/mol. The molecule has 2 heterocycles. The summed E-state index contributed by atoms with van der Waals surface area (Å²) in [6, 6.07) is 0. The quantitative estimate of drug-likeness (QED) is 0.908. The first kappa shape index (κ1) is 14.4. The largest absolute Gasteiger partial charge is 0.382 e. The van der Waals surface area contributed by atoms with Gasteiger partial charge in [-0.05, 0) is 13.3 Å². The van der Waals surface area contributed by atoms with Crippen LogP contribution in [-0.4, -0.2) is 19.6 Å². The Morgan fingerprint density at radius 1 is 1.39 bits per heavy atom. The first-order chi connectivity index (χ1) is 8.65. The molecule has 5 nitrogen and oxygen atoms in total. The molecule has 0 aliphatic heterocycles. The molecule has 1 unspecified atom stereocenters. The van der Waals surface area contributed by atoms with E-state index in [1.807, 2.05) is 25.3 Å². The summed E-state index contributed by atoms with van der Waals surface area (Å²) in [5, 5.41) is 4.23. The van der Waals surface area contributed by atoms with Crippen LogP contribution in [0.15, 0.2) is 6.33 Å². The highest BCUT2D eigenvalue weighted by atomic mass is 15.3. The Morgan fingerprint density at radius 2 is 2.06 bits per heavy atom. The molecule has 2 rings (SSSR count). The third-order valence-corrected chi connectivity index (χ3v) is 2.82. The summed E-state index contributed by atoms with van der Waals surface area (Å²) >= 11 is 0. The second-order valence-electron chi connectivity index (χ2n) is 4.15. The van der Waals surface area contributed by atoms with Crippen molar-refractivity contribution in [3.8, 4) is 0 Å². The third-order valence-electron chi connectivity index (χ3n) is 2.82. The Hall–Kier alpha value is -1.65. The summed E-state index contributed by atoms with van der Waals surface area (Å²) in [6.45, 7) is 10.3. The molecule has 0 aliphatic carbocycles. The Kier molecular flexibility index (Phi) is 5.07. The maximum atomic E-state index is 5.83. The molecule has 0 bridgehead atoms. The monoisotopic (exact) mass is 249 g/mol. The van der Waals surface area contributed by atoms with E-state index in [0.29, 0.717) is 11.7 Å². The zero-order valence-electron chi connectivity index (χ0n) is 11.9. The lowest BCUT2D eigenvalue weighted by molar-refractivity contribution is 0.608. The van der Waals surface area contributed by atoms with Crippen LogP contribution in [0.2, 0.25) is 0 Å². The van der Waals surface area contributed by atoms with Gasteiger partial charge in [0.15, 0.2) is 5.82 Å². The zero-order chi connectivity index (χ0) is 13.7. The molecule has 2 N–H and O–H groups in total. The summed E-state index contributed by atoms with van der Waals surface area (Å²) in [4.78, 5) is 8.54. The molecule has 18 heavy (non-hydrogen) atoms. The first-order valence-corrected chi connectivity index (χ1v) is 6.60. The minimum atomic E-state index is 0.389. The van der Waals surface area contributed by atoms with Gasteiger partial charge in [-0.1, -0.05) is 34.1 Å². The van der Waals surface area contributed by atoms with E-state index in [1.165, 1.54) is 6.33 Å². The van der Waals surface area contributed by atoms with Gasteiger partial charge >= 0.3 is 0 Å². The van der Waals surface area contributed by atoms with Gasteiger partial charge in [0, 0.05) is 5.92 Å². The van der Waals surface area contributed by atoms with Gasteiger partial charge in [-0.3, -0.25) is 0 Å². The van der Waals surface area contributed by atoms with E-state index in [1.54, 1.807) is 0 Å². The molecule has 0 saturated carbocycles. The van der Waals surface area contributed by atoms with Gasteiger partial charge in [0.1, 0.15) is 17.7 Å². The highest BCUT2D eigenvalue weighted by Gasteiger charge is 2.16. The van der Waals surface area contributed by atoms with Crippen LogP contribution < -0.4 is 5.73 Å². The second kappa shape index (κ2) is 6.33. The molecule has 0 radical (unpaired) electrons. The number of nitrogens with two attached hydrogens (primary N) is 1. The molecule has 0 spiro atoms. The van der Waals surface area contributed by atoms with Crippen LogP contribution in [0.25, 0.3) is 5.52 Å². The van der Waals surface area contributed by atoms with Crippen molar-refractivity contribution in [2.24, 2.45) is 0 Å². The van der Waals surface area contributed by atoms with E-state index in [4.69, 9.17) is 5.73 Å². The second-order valence-corrected chi connectivity index (χ2v) is 4.15. The third kappa shape index (κ3) is 2.60. The molecule has 2 aromatic rings. The van der Waals surface area contributed by atoms with Crippen LogP contribution in [0.3, 0.4) is 0 Å². The van der Waals surface area contributed by atoms with Crippen LogP contribution in [0.5, 0.6) is 0 Å². The molecule has 100 valence electrons. The lowest BCUT2D eigenvalue weighted by Gasteiger charge is -2.07. The Morgan fingerprint density at radius 3 is 2.67 bits per heavy atom. The fourth-order valence-electron chi connectivity index (χ4n) is 2.03. The lowest BCUT2D eigenvalue weighted by atomic mass is 10.1. The van der Waals surface area contributed by atoms with Crippen molar-refractivity contribution < 1.29 is 0 Å². The number of rotatable bonds is 3. The van der Waals surface area contributed by atoms with E-state index in [2.05, 4.69) is 28.9 Å². The summed E-state index contributed by atoms with van der Waals surface area (Å²) < 4.78 is 1.82. The van der Waals surface area contributed by atoms with E-state index in [9.17, 15) is 0 Å². The highest BCUT2D eigenvalue weighted by Crippen LogP contribution is 2.23. The van der Waals surface area contributed by atoms with Gasteiger partial charge in [-0.25, -0.2) is 14.5 Å². The molecule has 5 heteroatoms. The summed E-state index contributed by atoms with van der Waals surface area (Å²) in [6.07, 6.45) is 3.71. The SMILES string of the molecule is CC.CCCC(C)c1nc(C)c2c(N)ncnn12. The maximum absolute atomic E-state index is 5.83. The van der Waals surface area contributed by atoms with Crippen molar-refractivity contribution in [2.75, 3.05) is 5.73 Å². The number of aromatic nitrogens is 4. The topological polar surface area (TPSA) is 69.1 Å². The summed E-state index contributed by atoms with van der Waals surface area (Å²) in [5.41, 5.74) is 7.57. The lowest BCUT2D eigenvalue weighted by Crippen LogP contribution is -2.05. The number of hydrogen-bond acceptors (Lipinski definition) is 4. The van der Waals surface area contributed by atoms with Crippen molar-refractivity contribution in [3.05, 3.63) is 17.8 Å². The Labute approximate surface area is 108 Å². The fraction of sp³-hybridized carbons (Fsp3) is 0.615. The van der Waals surface area contributed by atoms with Crippen molar-refractivity contribution in [3.63, 3.8) is 0 Å². The van der Waals surface area contributed by atoms with Gasteiger partial charge in [0.05, 0.1) is 5.69 Å². The number of anilines is 1. The normalized spacial score (nSPS) is 12.1. The van der Waals surface area contributed by atoms with E-state index < -0.39 is 0 Å².